The first-order valence-electron chi connectivity index (χ1n) is 13.0. The predicted octanol–water partition coefficient (Wildman–Crippen LogP) is 7.07. The van der Waals surface area contributed by atoms with Gasteiger partial charge in [-0.25, -0.2) is 8.78 Å². The Morgan fingerprint density at radius 2 is 1.57 bits per heavy atom. The molecule has 2 aliphatic rings. The van der Waals surface area contributed by atoms with Crippen LogP contribution < -0.4 is 4.90 Å². The van der Waals surface area contributed by atoms with Gasteiger partial charge in [-0.1, -0.05) is 63.9 Å². The first-order chi connectivity index (χ1) is 17.7. The summed E-state index contributed by atoms with van der Waals surface area (Å²) in [6.45, 7) is 5.81. The van der Waals surface area contributed by atoms with Gasteiger partial charge >= 0.3 is 0 Å². The Bertz CT molecular complexity index is 1290. The van der Waals surface area contributed by atoms with Crippen LogP contribution in [0.1, 0.15) is 76.5 Å². The molecule has 1 fully saturated rings. The number of benzene rings is 2. The van der Waals surface area contributed by atoms with E-state index in [2.05, 4.69) is 15.2 Å². The number of hydrogen-bond donors (Lipinski definition) is 0. The first-order valence-corrected chi connectivity index (χ1v) is 13.0. The fourth-order valence-electron chi connectivity index (χ4n) is 5.26. The number of anilines is 1. The zero-order valence-corrected chi connectivity index (χ0v) is 21.5. The summed E-state index contributed by atoms with van der Waals surface area (Å²) in [6, 6.07) is 15.6. The molecule has 1 saturated carbocycles. The highest BCUT2D eigenvalue weighted by Gasteiger charge is 2.35. The van der Waals surface area contributed by atoms with E-state index in [4.69, 9.17) is 0 Å². The van der Waals surface area contributed by atoms with Crippen LogP contribution in [0.25, 0.3) is 11.3 Å². The molecule has 0 radical (unpaired) electrons. The zero-order chi connectivity index (χ0) is 26.2. The van der Waals surface area contributed by atoms with Gasteiger partial charge in [0.1, 0.15) is 11.6 Å². The minimum absolute atomic E-state index is 0.0198. The monoisotopic (exact) mass is 502 g/mol. The molecule has 1 unspecified atom stereocenters. The fraction of sp³-hybridized carbons (Fsp3) is 0.400. The Labute approximate surface area is 216 Å². The number of carbonyl (C=O) groups excluding carboxylic acids is 1. The van der Waals surface area contributed by atoms with Crippen LogP contribution in [0.4, 0.5) is 14.6 Å². The van der Waals surface area contributed by atoms with Gasteiger partial charge in [0.05, 0.1) is 17.3 Å². The Balaban J connectivity index is 1.34. The number of carbonyl (C=O) groups is 1. The van der Waals surface area contributed by atoms with Gasteiger partial charge in [-0.2, -0.15) is 0 Å². The molecule has 1 aliphatic carbocycles. The summed E-state index contributed by atoms with van der Waals surface area (Å²) in [5.74, 6) is -0.488. The normalized spacial score (nSPS) is 18.2. The van der Waals surface area contributed by atoms with Crippen LogP contribution in [0.15, 0.2) is 59.6 Å². The van der Waals surface area contributed by atoms with E-state index in [0.29, 0.717) is 30.1 Å². The number of hydrogen-bond acceptors (Lipinski definition) is 4. The van der Waals surface area contributed by atoms with Gasteiger partial charge in [-0.3, -0.25) is 14.7 Å². The lowest BCUT2D eigenvalue weighted by Crippen LogP contribution is -2.45. The summed E-state index contributed by atoms with van der Waals surface area (Å²) in [4.78, 5) is 19.7. The van der Waals surface area contributed by atoms with Crippen molar-refractivity contribution in [2.45, 2.75) is 71.4 Å². The maximum Gasteiger partial charge on any atom is 0.233 e. The third-order valence-electron chi connectivity index (χ3n) is 7.26. The van der Waals surface area contributed by atoms with Gasteiger partial charge < -0.3 is 0 Å². The predicted molar refractivity (Wildman–Crippen MR) is 142 cm³/mol. The van der Waals surface area contributed by atoms with E-state index >= 15 is 0 Å². The first kappa shape index (κ1) is 25.2. The van der Waals surface area contributed by atoms with E-state index in [1.165, 1.54) is 18.2 Å². The van der Waals surface area contributed by atoms with E-state index in [1.807, 2.05) is 62.1 Å². The summed E-state index contributed by atoms with van der Waals surface area (Å²) in [6.07, 6.45) is 5.46. The van der Waals surface area contributed by atoms with Gasteiger partial charge in [-0.15, -0.1) is 10.2 Å². The van der Waals surface area contributed by atoms with Gasteiger partial charge in [0.25, 0.3) is 0 Å². The van der Waals surface area contributed by atoms with Crippen molar-refractivity contribution < 1.29 is 13.6 Å². The summed E-state index contributed by atoms with van der Waals surface area (Å²) < 4.78 is 28.4. The highest BCUT2D eigenvalue weighted by molar-refractivity contribution is 6.02. The lowest BCUT2D eigenvalue weighted by molar-refractivity contribution is -0.126. The standard InChI is InChI=1S/C30H32F2N4O/c1-30(2,3)29(37)36(21-7-4-5-8-21)27-18-17-25(34-35-27)20-13-11-19(12-14-20)24-15-16-26(33-24)28-22(31)9-6-10-23(28)32/h6,9-14,17-18,21,24H,4-5,7-8,15-16H2,1-3H3. The molecule has 2 aromatic carbocycles. The van der Waals surface area contributed by atoms with Crippen LogP contribution in [0.5, 0.6) is 0 Å². The highest BCUT2D eigenvalue weighted by Crippen LogP contribution is 2.34. The third kappa shape index (κ3) is 5.17. The van der Waals surface area contributed by atoms with Crippen molar-refractivity contribution in [2.75, 3.05) is 4.90 Å². The highest BCUT2D eigenvalue weighted by atomic mass is 19.1. The minimum atomic E-state index is -0.576. The number of aromatic nitrogens is 2. The molecule has 1 aromatic heterocycles. The molecule has 5 nitrogen and oxygen atoms in total. The van der Waals surface area contributed by atoms with Crippen LogP contribution in [-0.4, -0.2) is 27.9 Å². The number of aliphatic imine (C=N–C) groups is 1. The van der Waals surface area contributed by atoms with Gasteiger partial charge in [0, 0.05) is 22.7 Å². The van der Waals surface area contributed by atoms with E-state index < -0.39 is 17.0 Å². The molecule has 0 bridgehead atoms. The molecule has 37 heavy (non-hydrogen) atoms. The lowest BCUT2D eigenvalue weighted by Gasteiger charge is -2.33. The SMILES string of the molecule is CC(C)(C)C(=O)N(c1ccc(-c2ccc(C3CCC(c4c(F)cccc4F)=N3)cc2)nn1)C1CCCC1. The van der Waals surface area contributed by atoms with Crippen LogP contribution >= 0.6 is 0 Å². The fourth-order valence-corrected chi connectivity index (χ4v) is 5.26. The Kier molecular flexibility index (Phi) is 6.88. The average Bonchev–Trinajstić information content (AvgIpc) is 3.57. The summed E-state index contributed by atoms with van der Waals surface area (Å²) >= 11 is 0. The summed E-state index contributed by atoms with van der Waals surface area (Å²) in [5.41, 5.74) is 2.56. The summed E-state index contributed by atoms with van der Waals surface area (Å²) in [7, 11) is 0. The quantitative estimate of drug-likeness (QED) is 0.375. The minimum Gasteiger partial charge on any atom is -0.292 e. The van der Waals surface area contributed by atoms with Crippen molar-refractivity contribution in [1.29, 1.82) is 0 Å². The van der Waals surface area contributed by atoms with E-state index in [-0.39, 0.29) is 23.6 Å². The number of halogens is 2. The van der Waals surface area contributed by atoms with Crippen molar-refractivity contribution in [3.8, 4) is 11.3 Å². The number of nitrogens with zero attached hydrogens (tertiary/aromatic N) is 4. The molecule has 0 N–H and O–H groups in total. The molecule has 192 valence electrons. The molecule has 7 heteroatoms. The van der Waals surface area contributed by atoms with Gasteiger partial charge in [0.2, 0.25) is 5.91 Å². The molecule has 2 heterocycles. The number of amides is 1. The largest absolute Gasteiger partial charge is 0.292 e. The van der Waals surface area contributed by atoms with Crippen molar-refractivity contribution in [3.05, 3.63) is 77.4 Å². The maximum atomic E-state index is 14.2. The molecule has 1 aliphatic heterocycles. The zero-order valence-electron chi connectivity index (χ0n) is 21.5. The van der Waals surface area contributed by atoms with Crippen LogP contribution in [-0.2, 0) is 4.79 Å². The number of rotatable bonds is 5. The maximum absolute atomic E-state index is 14.2. The molecule has 0 saturated heterocycles. The lowest BCUT2D eigenvalue weighted by atomic mass is 9.93. The molecular weight excluding hydrogens is 470 g/mol. The van der Waals surface area contributed by atoms with Crippen LogP contribution in [0, 0.1) is 17.0 Å². The topological polar surface area (TPSA) is 58.5 Å². The second-order valence-electron chi connectivity index (χ2n) is 11.0. The Morgan fingerprint density at radius 3 is 2.16 bits per heavy atom. The second kappa shape index (κ2) is 10.1. The average molecular weight is 503 g/mol. The van der Waals surface area contributed by atoms with Gasteiger partial charge in [0.15, 0.2) is 5.82 Å². The molecular formula is C30H32F2N4O. The third-order valence-corrected chi connectivity index (χ3v) is 7.26. The van der Waals surface area contributed by atoms with Crippen molar-refractivity contribution >= 4 is 17.4 Å². The second-order valence-corrected chi connectivity index (χ2v) is 11.0. The molecule has 1 atom stereocenters. The van der Waals surface area contributed by atoms with Crippen LogP contribution in [0.3, 0.4) is 0 Å². The van der Waals surface area contributed by atoms with Crippen molar-refractivity contribution in [3.63, 3.8) is 0 Å². The van der Waals surface area contributed by atoms with E-state index in [9.17, 15) is 13.6 Å². The smallest absolute Gasteiger partial charge is 0.233 e. The van der Waals surface area contributed by atoms with E-state index in [0.717, 1.165) is 36.8 Å². The Hall–Kier alpha value is -3.48. The van der Waals surface area contributed by atoms with Crippen molar-refractivity contribution in [1.82, 2.24) is 10.2 Å². The molecule has 1 amide bonds. The van der Waals surface area contributed by atoms with Crippen LogP contribution in [0.2, 0.25) is 0 Å². The van der Waals surface area contributed by atoms with Gasteiger partial charge in [-0.05, 0) is 55.5 Å². The molecule has 3 aromatic rings. The van der Waals surface area contributed by atoms with E-state index in [1.54, 1.807) is 0 Å². The summed E-state index contributed by atoms with van der Waals surface area (Å²) in [5, 5.41) is 8.91. The van der Waals surface area contributed by atoms with Crippen molar-refractivity contribution in [2.24, 2.45) is 10.4 Å². The molecule has 5 rings (SSSR count). The molecule has 0 spiro atoms. The Morgan fingerprint density at radius 1 is 0.892 bits per heavy atom.